The van der Waals surface area contributed by atoms with Gasteiger partial charge in [-0.1, -0.05) is 0 Å². The third-order valence-electron chi connectivity index (χ3n) is 1.84. The first-order valence-corrected chi connectivity index (χ1v) is 5.08. The number of aromatic nitrogens is 2. The summed E-state index contributed by atoms with van der Waals surface area (Å²) in [4.78, 5) is 18.7. The molecule has 2 aromatic rings. The van der Waals surface area contributed by atoms with E-state index in [1.165, 1.54) is 0 Å². The van der Waals surface area contributed by atoms with Gasteiger partial charge in [0.2, 0.25) is 0 Å². The number of pyridine rings is 1. The summed E-state index contributed by atoms with van der Waals surface area (Å²) >= 11 is 1.05. The second-order valence-electron chi connectivity index (χ2n) is 2.86. The van der Waals surface area contributed by atoms with Crippen LogP contribution in [-0.2, 0) is 0 Å². The highest BCUT2D eigenvalue weighted by Crippen LogP contribution is 2.26. The smallest absolute Gasteiger partial charge is 0.356 e. The fourth-order valence-electron chi connectivity index (χ4n) is 1.15. The minimum atomic E-state index is -1.19. The Hall–Kier alpha value is -2.26. The van der Waals surface area contributed by atoms with E-state index < -0.39 is 5.97 Å². The fraction of sp³-hybridized carbons (Fsp3) is 0. The van der Waals surface area contributed by atoms with Crippen molar-refractivity contribution in [3.63, 3.8) is 0 Å². The van der Waals surface area contributed by atoms with Gasteiger partial charge in [-0.2, -0.15) is 5.26 Å². The summed E-state index contributed by atoms with van der Waals surface area (Å²) in [5.41, 5.74) is 0.503. The van der Waals surface area contributed by atoms with Gasteiger partial charge in [-0.15, -0.1) is 11.3 Å². The third-order valence-corrected chi connectivity index (χ3v) is 2.85. The number of carboxylic acid groups (broad SMARTS) is 1. The topological polar surface area (TPSA) is 86.9 Å². The summed E-state index contributed by atoms with van der Waals surface area (Å²) in [6.07, 6.45) is 3.19. The maximum Gasteiger partial charge on any atom is 0.356 e. The number of nitriles is 1. The molecule has 1 N–H and O–H groups in total. The minimum absolute atomic E-state index is 0.103. The number of hydrogen-bond donors (Lipinski definition) is 1. The quantitative estimate of drug-likeness (QED) is 0.851. The number of hydrogen-bond acceptors (Lipinski definition) is 5. The number of rotatable bonds is 2. The highest BCUT2D eigenvalue weighted by Gasteiger charge is 2.17. The van der Waals surface area contributed by atoms with Gasteiger partial charge in [0, 0.05) is 18.0 Å². The van der Waals surface area contributed by atoms with Gasteiger partial charge in [-0.25, -0.2) is 9.78 Å². The molecular weight excluding hydrogens is 226 g/mol. The molecule has 0 fully saturated rings. The normalized spacial score (nSPS) is 9.69. The van der Waals surface area contributed by atoms with E-state index in [2.05, 4.69) is 9.97 Å². The summed E-state index contributed by atoms with van der Waals surface area (Å²) < 4.78 is 0. The van der Waals surface area contributed by atoms with Crippen LogP contribution in [0.5, 0.6) is 0 Å². The maximum atomic E-state index is 10.8. The highest BCUT2D eigenvalue weighted by atomic mass is 32.1. The molecule has 0 aliphatic carbocycles. The fourth-order valence-corrected chi connectivity index (χ4v) is 2.00. The molecule has 0 spiro atoms. The van der Waals surface area contributed by atoms with Crippen LogP contribution >= 0.6 is 11.3 Å². The van der Waals surface area contributed by atoms with E-state index in [0.29, 0.717) is 10.6 Å². The average Bonchev–Trinajstić information content (AvgIpc) is 2.74. The van der Waals surface area contributed by atoms with E-state index in [0.717, 1.165) is 11.3 Å². The predicted octanol–water partition coefficient (Wildman–Crippen LogP) is 1.77. The zero-order valence-corrected chi connectivity index (χ0v) is 8.73. The lowest BCUT2D eigenvalue weighted by atomic mass is 10.3. The standard InChI is InChI=1S/C10H5N3O2S/c11-4-7-8(10(14)15)13-9(16-7)6-2-1-3-12-5-6/h1-3,5H,(H,14,15). The molecule has 0 aliphatic rings. The second-order valence-corrected chi connectivity index (χ2v) is 3.85. The molecule has 0 radical (unpaired) electrons. The SMILES string of the molecule is N#Cc1sc(-c2cccnc2)nc1C(=O)O. The Morgan fingerprint density at radius 2 is 2.38 bits per heavy atom. The average molecular weight is 231 g/mol. The van der Waals surface area contributed by atoms with Gasteiger partial charge in [0.05, 0.1) is 0 Å². The minimum Gasteiger partial charge on any atom is -0.476 e. The number of thiazole rings is 1. The number of aromatic carboxylic acids is 1. The molecule has 0 amide bonds. The zero-order chi connectivity index (χ0) is 11.5. The van der Waals surface area contributed by atoms with Crippen LogP contribution in [0.25, 0.3) is 10.6 Å². The Kier molecular flexibility index (Phi) is 2.62. The molecule has 0 aromatic carbocycles. The number of nitrogens with zero attached hydrogens (tertiary/aromatic N) is 3. The molecule has 16 heavy (non-hydrogen) atoms. The summed E-state index contributed by atoms with van der Waals surface area (Å²) in [6, 6.07) is 5.31. The molecule has 0 saturated carbocycles. The Morgan fingerprint density at radius 3 is 2.88 bits per heavy atom. The molecule has 5 nitrogen and oxygen atoms in total. The van der Waals surface area contributed by atoms with Gasteiger partial charge in [0.15, 0.2) is 5.69 Å². The Balaban J connectivity index is 2.54. The van der Waals surface area contributed by atoms with Gasteiger partial charge >= 0.3 is 5.97 Å². The van der Waals surface area contributed by atoms with E-state index in [9.17, 15) is 4.79 Å². The highest BCUT2D eigenvalue weighted by molar-refractivity contribution is 7.15. The van der Waals surface area contributed by atoms with E-state index >= 15 is 0 Å². The molecule has 0 bridgehead atoms. The lowest BCUT2D eigenvalue weighted by molar-refractivity contribution is 0.0691. The van der Waals surface area contributed by atoms with Crippen molar-refractivity contribution in [3.05, 3.63) is 35.1 Å². The zero-order valence-electron chi connectivity index (χ0n) is 7.91. The Bertz CT molecular complexity index is 571. The van der Waals surface area contributed by atoms with Gasteiger partial charge < -0.3 is 5.11 Å². The molecule has 6 heteroatoms. The van der Waals surface area contributed by atoms with Gasteiger partial charge in [-0.05, 0) is 12.1 Å². The summed E-state index contributed by atoms with van der Waals surface area (Å²) in [5.74, 6) is -1.19. The van der Waals surface area contributed by atoms with Crippen LogP contribution in [0.2, 0.25) is 0 Å². The Morgan fingerprint density at radius 1 is 1.56 bits per heavy atom. The van der Waals surface area contributed by atoms with Crippen LogP contribution < -0.4 is 0 Å². The maximum absolute atomic E-state index is 10.8. The monoisotopic (exact) mass is 231 g/mol. The molecule has 0 aliphatic heterocycles. The first-order valence-electron chi connectivity index (χ1n) is 4.27. The molecular formula is C10H5N3O2S. The lowest BCUT2D eigenvalue weighted by Gasteiger charge is -1.91. The van der Waals surface area contributed by atoms with Crippen molar-refractivity contribution in [2.24, 2.45) is 0 Å². The van der Waals surface area contributed by atoms with Crippen LogP contribution in [0.15, 0.2) is 24.5 Å². The molecule has 2 heterocycles. The number of carbonyl (C=O) groups is 1. The van der Waals surface area contributed by atoms with Crippen LogP contribution in [-0.4, -0.2) is 21.0 Å². The molecule has 0 unspecified atom stereocenters. The summed E-state index contributed by atoms with van der Waals surface area (Å²) in [7, 11) is 0. The lowest BCUT2D eigenvalue weighted by Crippen LogP contribution is -1.98. The first kappa shape index (κ1) is 10.3. The largest absolute Gasteiger partial charge is 0.476 e. The van der Waals surface area contributed by atoms with E-state index in [1.54, 1.807) is 24.5 Å². The molecule has 2 rings (SSSR count). The van der Waals surface area contributed by atoms with Crippen molar-refractivity contribution in [2.75, 3.05) is 0 Å². The predicted molar refractivity (Wildman–Crippen MR) is 57.0 cm³/mol. The molecule has 0 saturated heterocycles. The van der Waals surface area contributed by atoms with Crippen molar-refractivity contribution in [3.8, 4) is 16.6 Å². The van der Waals surface area contributed by atoms with Crippen LogP contribution in [0.4, 0.5) is 0 Å². The number of carboxylic acids is 1. The van der Waals surface area contributed by atoms with E-state index in [1.807, 2.05) is 6.07 Å². The van der Waals surface area contributed by atoms with Crippen molar-refractivity contribution in [1.82, 2.24) is 9.97 Å². The van der Waals surface area contributed by atoms with Gasteiger partial charge in [0.25, 0.3) is 0 Å². The van der Waals surface area contributed by atoms with Gasteiger partial charge in [-0.3, -0.25) is 4.98 Å². The Labute approximate surface area is 94.6 Å². The summed E-state index contributed by atoms with van der Waals surface area (Å²) in [6.45, 7) is 0. The second kappa shape index (κ2) is 4.08. The van der Waals surface area contributed by atoms with Crippen LogP contribution in [0.1, 0.15) is 15.4 Å². The van der Waals surface area contributed by atoms with E-state index in [-0.39, 0.29) is 10.6 Å². The van der Waals surface area contributed by atoms with Crippen LogP contribution in [0.3, 0.4) is 0 Å². The molecule has 2 aromatic heterocycles. The van der Waals surface area contributed by atoms with Crippen LogP contribution in [0, 0.1) is 11.3 Å². The summed E-state index contributed by atoms with van der Waals surface area (Å²) in [5, 5.41) is 18.1. The molecule has 0 atom stereocenters. The van der Waals surface area contributed by atoms with Crippen molar-refractivity contribution in [2.45, 2.75) is 0 Å². The van der Waals surface area contributed by atoms with E-state index in [4.69, 9.17) is 10.4 Å². The van der Waals surface area contributed by atoms with Crippen molar-refractivity contribution in [1.29, 1.82) is 5.26 Å². The van der Waals surface area contributed by atoms with Crippen molar-refractivity contribution >= 4 is 17.3 Å². The van der Waals surface area contributed by atoms with Crippen molar-refractivity contribution < 1.29 is 9.90 Å². The third kappa shape index (κ3) is 1.76. The first-order chi connectivity index (χ1) is 7.72. The molecule has 78 valence electrons. The van der Waals surface area contributed by atoms with Gasteiger partial charge in [0.1, 0.15) is 16.0 Å².